The van der Waals surface area contributed by atoms with E-state index < -0.39 is 10.8 Å². The lowest BCUT2D eigenvalue weighted by atomic mass is 10.2. The highest BCUT2D eigenvalue weighted by molar-refractivity contribution is 8.00. The van der Waals surface area contributed by atoms with E-state index in [1.54, 1.807) is 13.8 Å². The SMILES string of the molecule is CCOC(=O)[C@@H](C)Sc1nc(CC)c(C#N)c(=O)[nH]1. The summed E-state index contributed by atoms with van der Waals surface area (Å²) in [6.45, 7) is 5.52. The molecule has 0 aliphatic carbocycles. The van der Waals surface area contributed by atoms with Gasteiger partial charge in [0.25, 0.3) is 5.56 Å². The Morgan fingerprint density at radius 1 is 1.58 bits per heavy atom. The fraction of sp³-hybridized carbons (Fsp3) is 0.500. The third kappa shape index (κ3) is 3.83. The Morgan fingerprint density at radius 2 is 2.26 bits per heavy atom. The van der Waals surface area contributed by atoms with E-state index in [2.05, 4.69) is 9.97 Å². The number of nitrogens with zero attached hydrogens (tertiary/aromatic N) is 2. The second-order valence-electron chi connectivity index (χ2n) is 3.67. The average molecular weight is 281 g/mol. The van der Waals surface area contributed by atoms with Crippen LogP contribution in [-0.4, -0.2) is 27.8 Å². The zero-order valence-electron chi connectivity index (χ0n) is 11.0. The Labute approximate surface area is 115 Å². The first-order chi connectivity index (χ1) is 9.03. The van der Waals surface area contributed by atoms with Gasteiger partial charge in [-0.1, -0.05) is 18.7 Å². The second kappa shape index (κ2) is 6.95. The molecule has 1 aromatic heterocycles. The standard InChI is InChI=1S/C12H15N3O3S/c1-4-9-8(6-13)10(16)15-12(14-9)19-7(3)11(17)18-5-2/h7H,4-5H2,1-3H3,(H,14,15,16)/t7-/m1/s1. The van der Waals surface area contributed by atoms with Gasteiger partial charge in [0.2, 0.25) is 0 Å². The van der Waals surface area contributed by atoms with E-state index in [0.717, 1.165) is 11.8 Å². The largest absolute Gasteiger partial charge is 0.465 e. The van der Waals surface area contributed by atoms with Gasteiger partial charge in [0.05, 0.1) is 12.3 Å². The molecule has 0 fully saturated rings. The predicted molar refractivity (Wildman–Crippen MR) is 70.9 cm³/mol. The maximum absolute atomic E-state index is 11.7. The van der Waals surface area contributed by atoms with Crippen molar-refractivity contribution in [3.05, 3.63) is 21.6 Å². The van der Waals surface area contributed by atoms with Gasteiger partial charge in [0.15, 0.2) is 5.16 Å². The first-order valence-corrected chi connectivity index (χ1v) is 6.78. The second-order valence-corrected chi connectivity index (χ2v) is 5.00. The van der Waals surface area contributed by atoms with Crippen molar-refractivity contribution in [1.82, 2.24) is 9.97 Å². The van der Waals surface area contributed by atoms with Gasteiger partial charge in [-0.25, -0.2) is 4.98 Å². The van der Waals surface area contributed by atoms with E-state index >= 15 is 0 Å². The van der Waals surface area contributed by atoms with Gasteiger partial charge >= 0.3 is 5.97 Å². The number of ether oxygens (including phenoxy) is 1. The molecular weight excluding hydrogens is 266 g/mol. The summed E-state index contributed by atoms with van der Waals surface area (Å²) in [7, 11) is 0. The number of carbonyl (C=O) groups excluding carboxylic acids is 1. The van der Waals surface area contributed by atoms with Gasteiger partial charge in [-0.05, 0) is 20.3 Å². The van der Waals surface area contributed by atoms with Crippen LogP contribution >= 0.6 is 11.8 Å². The van der Waals surface area contributed by atoms with E-state index in [1.165, 1.54) is 0 Å². The summed E-state index contributed by atoms with van der Waals surface area (Å²) in [5.41, 5.74) is -0.0200. The summed E-state index contributed by atoms with van der Waals surface area (Å²) in [6, 6.07) is 1.83. The molecule has 1 N–H and O–H groups in total. The van der Waals surface area contributed by atoms with Gasteiger partial charge in [-0.3, -0.25) is 9.59 Å². The highest BCUT2D eigenvalue weighted by atomic mass is 32.2. The topological polar surface area (TPSA) is 95.8 Å². The molecule has 6 nitrogen and oxygen atoms in total. The highest BCUT2D eigenvalue weighted by Crippen LogP contribution is 2.20. The quantitative estimate of drug-likeness (QED) is 0.495. The summed E-state index contributed by atoms with van der Waals surface area (Å²) in [4.78, 5) is 29.9. The number of aromatic amines is 1. The van der Waals surface area contributed by atoms with Gasteiger partial charge in [0.1, 0.15) is 16.9 Å². The normalized spacial score (nSPS) is 11.7. The molecule has 0 aliphatic heterocycles. The van der Waals surface area contributed by atoms with E-state index in [0.29, 0.717) is 23.9 Å². The van der Waals surface area contributed by atoms with Crippen molar-refractivity contribution >= 4 is 17.7 Å². The number of thioether (sulfide) groups is 1. The molecule has 1 rings (SSSR count). The van der Waals surface area contributed by atoms with Crippen LogP contribution in [-0.2, 0) is 16.0 Å². The summed E-state index contributed by atoms with van der Waals surface area (Å²) < 4.78 is 4.88. The monoisotopic (exact) mass is 281 g/mol. The van der Waals surface area contributed by atoms with Crippen LogP contribution in [0.2, 0.25) is 0 Å². The van der Waals surface area contributed by atoms with Crippen molar-refractivity contribution in [3.8, 4) is 6.07 Å². The zero-order valence-corrected chi connectivity index (χ0v) is 11.8. The molecule has 7 heteroatoms. The van der Waals surface area contributed by atoms with E-state index in [-0.39, 0.29) is 11.5 Å². The average Bonchev–Trinajstić information content (AvgIpc) is 2.38. The minimum Gasteiger partial charge on any atom is -0.465 e. The van der Waals surface area contributed by atoms with Crippen molar-refractivity contribution in [3.63, 3.8) is 0 Å². The van der Waals surface area contributed by atoms with Crippen LogP contribution in [0, 0.1) is 11.3 Å². The molecular formula is C12H15N3O3S. The fourth-order valence-electron chi connectivity index (χ4n) is 1.40. The first kappa shape index (κ1) is 15.2. The number of esters is 1. The number of H-pyrrole nitrogens is 1. The summed E-state index contributed by atoms with van der Waals surface area (Å²) in [5.74, 6) is -0.363. The lowest BCUT2D eigenvalue weighted by molar-refractivity contribution is -0.142. The molecule has 0 bridgehead atoms. The van der Waals surface area contributed by atoms with E-state index in [4.69, 9.17) is 10.00 Å². The van der Waals surface area contributed by atoms with E-state index in [1.807, 2.05) is 13.0 Å². The molecule has 0 radical (unpaired) electrons. The van der Waals surface area contributed by atoms with Crippen LogP contribution in [0.4, 0.5) is 0 Å². The minimum atomic E-state index is -0.479. The van der Waals surface area contributed by atoms with Crippen molar-refractivity contribution in [2.75, 3.05) is 6.61 Å². The van der Waals surface area contributed by atoms with E-state index in [9.17, 15) is 9.59 Å². The van der Waals surface area contributed by atoms with Crippen LogP contribution in [0.15, 0.2) is 9.95 Å². The number of rotatable bonds is 5. The maximum Gasteiger partial charge on any atom is 0.319 e. The summed E-state index contributed by atoms with van der Waals surface area (Å²) in [6.07, 6.45) is 0.480. The van der Waals surface area contributed by atoms with Gasteiger partial charge in [0, 0.05) is 0 Å². The lowest BCUT2D eigenvalue weighted by Crippen LogP contribution is -2.20. The molecule has 0 aromatic carbocycles. The number of carbonyl (C=O) groups is 1. The number of nitriles is 1. The minimum absolute atomic E-state index is 0.0237. The number of aromatic nitrogens is 2. The molecule has 102 valence electrons. The Morgan fingerprint density at radius 3 is 2.79 bits per heavy atom. The summed E-state index contributed by atoms with van der Waals surface area (Å²) >= 11 is 1.10. The smallest absolute Gasteiger partial charge is 0.319 e. The lowest BCUT2D eigenvalue weighted by Gasteiger charge is -2.10. The van der Waals surface area contributed by atoms with Gasteiger partial charge in [-0.15, -0.1) is 0 Å². The zero-order chi connectivity index (χ0) is 14.4. The van der Waals surface area contributed by atoms with Crippen LogP contribution in [0.5, 0.6) is 0 Å². The Balaban J connectivity index is 2.98. The predicted octanol–water partition coefficient (Wildman–Crippen LogP) is 1.25. The van der Waals surface area contributed by atoms with Crippen molar-refractivity contribution in [1.29, 1.82) is 5.26 Å². The van der Waals surface area contributed by atoms with Gasteiger partial charge in [-0.2, -0.15) is 5.26 Å². The Bertz CT molecular complexity index is 562. The van der Waals surface area contributed by atoms with Crippen molar-refractivity contribution < 1.29 is 9.53 Å². The number of nitrogens with one attached hydrogen (secondary N) is 1. The first-order valence-electron chi connectivity index (χ1n) is 5.90. The molecule has 19 heavy (non-hydrogen) atoms. The third-order valence-electron chi connectivity index (χ3n) is 2.33. The number of hydrogen-bond donors (Lipinski definition) is 1. The fourth-order valence-corrected chi connectivity index (χ4v) is 2.21. The van der Waals surface area contributed by atoms with Crippen LogP contribution < -0.4 is 5.56 Å². The number of hydrogen-bond acceptors (Lipinski definition) is 6. The molecule has 1 atom stereocenters. The Kier molecular flexibility index (Phi) is 5.57. The maximum atomic E-state index is 11.7. The van der Waals surface area contributed by atoms with Crippen molar-refractivity contribution in [2.45, 2.75) is 37.6 Å². The molecule has 0 amide bonds. The molecule has 0 unspecified atom stereocenters. The van der Waals surface area contributed by atoms with Crippen LogP contribution in [0.25, 0.3) is 0 Å². The summed E-state index contributed by atoms with van der Waals surface area (Å²) in [5, 5.41) is 8.72. The number of aryl methyl sites for hydroxylation is 1. The molecule has 0 aliphatic rings. The van der Waals surface area contributed by atoms with Gasteiger partial charge < -0.3 is 9.72 Å². The third-order valence-corrected chi connectivity index (χ3v) is 3.29. The molecule has 0 spiro atoms. The highest BCUT2D eigenvalue weighted by Gasteiger charge is 2.18. The molecule has 1 aromatic rings. The van der Waals surface area contributed by atoms with Crippen molar-refractivity contribution in [2.24, 2.45) is 0 Å². The van der Waals surface area contributed by atoms with Crippen LogP contribution in [0.3, 0.4) is 0 Å². The van der Waals surface area contributed by atoms with Crippen LogP contribution in [0.1, 0.15) is 32.0 Å². The molecule has 0 saturated heterocycles. The Hall–Kier alpha value is -1.81. The molecule has 1 heterocycles. The molecule has 0 saturated carbocycles.